The van der Waals surface area contributed by atoms with Gasteiger partial charge in [-0.3, -0.25) is 14.3 Å². The van der Waals surface area contributed by atoms with Crippen LogP contribution in [0.1, 0.15) is 31.5 Å². The predicted molar refractivity (Wildman–Crippen MR) is 86.0 cm³/mol. The second kappa shape index (κ2) is 7.74. The SMILES string of the molecule is Cn1ncnc1CCNC(=O)C1CCN(C(=O)[C@H]2CCCO2)CC1. The van der Waals surface area contributed by atoms with Crippen molar-refractivity contribution in [1.82, 2.24) is 25.0 Å². The molecule has 8 heteroatoms. The molecule has 0 aromatic carbocycles. The number of amides is 2. The lowest BCUT2D eigenvalue weighted by Crippen LogP contribution is -2.46. The van der Waals surface area contributed by atoms with Gasteiger partial charge in [-0.05, 0) is 25.7 Å². The summed E-state index contributed by atoms with van der Waals surface area (Å²) in [5.74, 6) is 1.00. The summed E-state index contributed by atoms with van der Waals surface area (Å²) in [6.07, 6.45) is 5.13. The highest BCUT2D eigenvalue weighted by molar-refractivity contribution is 5.82. The zero-order valence-electron chi connectivity index (χ0n) is 14.1. The summed E-state index contributed by atoms with van der Waals surface area (Å²) in [6, 6.07) is 0. The largest absolute Gasteiger partial charge is 0.368 e. The molecule has 2 aliphatic heterocycles. The quantitative estimate of drug-likeness (QED) is 0.811. The molecule has 1 atom stereocenters. The van der Waals surface area contributed by atoms with Crippen LogP contribution in [0.25, 0.3) is 0 Å². The van der Waals surface area contributed by atoms with E-state index in [0.717, 1.165) is 18.7 Å². The highest BCUT2D eigenvalue weighted by atomic mass is 16.5. The normalized spacial score (nSPS) is 21.9. The van der Waals surface area contributed by atoms with Crippen molar-refractivity contribution in [3.05, 3.63) is 12.2 Å². The Morgan fingerprint density at radius 3 is 2.75 bits per heavy atom. The molecule has 3 heterocycles. The summed E-state index contributed by atoms with van der Waals surface area (Å²) in [5.41, 5.74) is 0. The van der Waals surface area contributed by atoms with Crippen LogP contribution in [0.5, 0.6) is 0 Å². The number of nitrogens with zero attached hydrogens (tertiary/aromatic N) is 4. The Morgan fingerprint density at radius 2 is 2.12 bits per heavy atom. The van der Waals surface area contributed by atoms with Gasteiger partial charge >= 0.3 is 0 Å². The maximum atomic E-state index is 12.3. The third-order valence-corrected chi connectivity index (χ3v) is 4.84. The predicted octanol–water partition coefficient (Wildman–Crippen LogP) is -0.109. The van der Waals surface area contributed by atoms with Crippen molar-refractivity contribution in [2.75, 3.05) is 26.2 Å². The van der Waals surface area contributed by atoms with E-state index in [1.807, 2.05) is 11.9 Å². The lowest BCUT2D eigenvalue weighted by atomic mass is 9.95. The topological polar surface area (TPSA) is 89.4 Å². The zero-order valence-corrected chi connectivity index (χ0v) is 14.1. The lowest BCUT2D eigenvalue weighted by Gasteiger charge is -2.32. The minimum Gasteiger partial charge on any atom is -0.368 e. The fourth-order valence-corrected chi connectivity index (χ4v) is 3.33. The molecule has 1 aromatic rings. The van der Waals surface area contributed by atoms with Crippen LogP contribution < -0.4 is 5.32 Å². The van der Waals surface area contributed by atoms with Crippen molar-refractivity contribution in [3.63, 3.8) is 0 Å². The fourth-order valence-electron chi connectivity index (χ4n) is 3.33. The van der Waals surface area contributed by atoms with Crippen LogP contribution in [0.2, 0.25) is 0 Å². The minimum atomic E-state index is -0.262. The maximum absolute atomic E-state index is 12.3. The van der Waals surface area contributed by atoms with Crippen molar-refractivity contribution >= 4 is 11.8 Å². The molecule has 3 rings (SSSR count). The Morgan fingerprint density at radius 1 is 1.33 bits per heavy atom. The Balaban J connectivity index is 1.38. The third-order valence-electron chi connectivity index (χ3n) is 4.84. The van der Waals surface area contributed by atoms with Crippen LogP contribution in [0.15, 0.2) is 6.33 Å². The van der Waals surface area contributed by atoms with Crippen molar-refractivity contribution in [3.8, 4) is 0 Å². The summed E-state index contributed by atoms with van der Waals surface area (Å²) in [6.45, 7) is 2.52. The fraction of sp³-hybridized carbons (Fsp3) is 0.750. The number of aromatic nitrogens is 3. The molecule has 2 saturated heterocycles. The average molecular weight is 335 g/mol. The van der Waals surface area contributed by atoms with E-state index in [4.69, 9.17) is 4.74 Å². The second-order valence-electron chi connectivity index (χ2n) is 6.44. The molecule has 0 aliphatic carbocycles. The van der Waals surface area contributed by atoms with Gasteiger partial charge in [-0.15, -0.1) is 0 Å². The van der Waals surface area contributed by atoms with Crippen LogP contribution in [0.4, 0.5) is 0 Å². The van der Waals surface area contributed by atoms with E-state index in [1.54, 1.807) is 4.68 Å². The first-order valence-corrected chi connectivity index (χ1v) is 8.66. The number of hydrogen-bond donors (Lipinski definition) is 1. The molecule has 2 amide bonds. The van der Waals surface area contributed by atoms with Crippen molar-refractivity contribution in [2.45, 2.75) is 38.2 Å². The molecule has 24 heavy (non-hydrogen) atoms. The van der Waals surface area contributed by atoms with Gasteiger partial charge in [0.15, 0.2) is 0 Å². The number of nitrogens with one attached hydrogen (secondary N) is 1. The second-order valence-corrected chi connectivity index (χ2v) is 6.44. The molecule has 0 bridgehead atoms. The molecular formula is C16H25N5O3. The van der Waals surface area contributed by atoms with Crippen LogP contribution in [0.3, 0.4) is 0 Å². The van der Waals surface area contributed by atoms with Gasteiger partial charge in [0.05, 0.1) is 0 Å². The van der Waals surface area contributed by atoms with Gasteiger partial charge in [0.1, 0.15) is 18.3 Å². The summed E-state index contributed by atoms with van der Waals surface area (Å²) in [4.78, 5) is 30.5. The number of hydrogen-bond acceptors (Lipinski definition) is 5. The standard InChI is InChI=1S/C16H25N5O3/c1-20-14(18-11-19-20)4-7-17-15(22)12-5-8-21(9-6-12)16(23)13-3-2-10-24-13/h11-13H,2-10H2,1H3,(H,17,22)/t13-/m1/s1. The molecule has 0 saturated carbocycles. The number of carbonyl (C=O) groups is 2. The Hall–Kier alpha value is -1.96. The van der Waals surface area contributed by atoms with Gasteiger partial charge in [-0.25, -0.2) is 4.98 Å². The van der Waals surface area contributed by atoms with E-state index < -0.39 is 0 Å². The van der Waals surface area contributed by atoms with Gasteiger partial charge in [0.2, 0.25) is 5.91 Å². The summed E-state index contributed by atoms with van der Waals surface area (Å²) < 4.78 is 7.17. The van der Waals surface area contributed by atoms with E-state index in [-0.39, 0.29) is 23.8 Å². The van der Waals surface area contributed by atoms with Crippen LogP contribution in [-0.2, 0) is 27.8 Å². The highest BCUT2D eigenvalue weighted by Crippen LogP contribution is 2.21. The summed E-state index contributed by atoms with van der Waals surface area (Å²) in [7, 11) is 1.84. The van der Waals surface area contributed by atoms with E-state index >= 15 is 0 Å². The highest BCUT2D eigenvalue weighted by Gasteiger charge is 2.32. The van der Waals surface area contributed by atoms with Crippen molar-refractivity contribution in [2.24, 2.45) is 13.0 Å². The summed E-state index contributed by atoms with van der Waals surface area (Å²) >= 11 is 0. The monoisotopic (exact) mass is 335 g/mol. The smallest absolute Gasteiger partial charge is 0.251 e. The number of carbonyl (C=O) groups excluding carboxylic acids is 2. The van der Waals surface area contributed by atoms with Gasteiger partial charge in [-0.2, -0.15) is 5.10 Å². The third kappa shape index (κ3) is 3.92. The molecule has 2 fully saturated rings. The molecule has 0 radical (unpaired) electrons. The first-order chi connectivity index (χ1) is 11.6. The number of aryl methyl sites for hydroxylation is 1. The number of ether oxygens (including phenoxy) is 1. The first-order valence-electron chi connectivity index (χ1n) is 8.66. The molecule has 1 aromatic heterocycles. The molecule has 2 aliphatic rings. The molecule has 0 spiro atoms. The Labute approximate surface area is 141 Å². The van der Waals surface area contributed by atoms with Crippen LogP contribution in [-0.4, -0.2) is 63.8 Å². The van der Waals surface area contributed by atoms with E-state index in [1.165, 1.54) is 6.33 Å². The number of rotatable bonds is 5. The van der Waals surface area contributed by atoms with Crippen molar-refractivity contribution < 1.29 is 14.3 Å². The minimum absolute atomic E-state index is 0.0157. The first kappa shape index (κ1) is 16.9. The molecule has 0 unspecified atom stereocenters. The summed E-state index contributed by atoms with van der Waals surface area (Å²) in [5, 5.41) is 6.98. The van der Waals surface area contributed by atoms with E-state index in [2.05, 4.69) is 15.4 Å². The number of likely N-dealkylation sites (tertiary alicyclic amines) is 1. The van der Waals surface area contributed by atoms with Gasteiger partial charge in [-0.1, -0.05) is 0 Å². The molecular weight excluding hydrogens is 310 g/mol. The van der Waals surface area contributed by atoms with E-state index in [9.17, 15) is 9.59 Å². The van der Waals surface area contributed by atoms with Gasteiger partial charge in [0.25, 0.3) is 5.91 Å². The Kier molecular flexibility index (Phi) is 5.44. The molecule has 1 N–H and O–H groups in total. The number of piperidine rings is 1. The average Bonchev–Trinajstić information content (AvgIpc) is 3.26. The Bertz CT molecular complexity index is 574. The molecule has 132 valence electrons. The maximum Gasteiger partial charge on any atom is 0.251 e. The molecule has 8 nitrogen and oxygen atoms in total. The van der Waals surface area contributed by atoms with Crippen molar-refractivity contribution in [1.29, 1.82) is 0 Å². The van der Waals surface area contributed by atoms with Crippen LogP contribution >= 0.6 is 0 Å². The lowest BCUT2D eigenvalue weighted by molar-refractivity contribution is -0.143. The van der Waals surface area contributed by atoms with E-state index in [0.29, 0.717) is 45.5 Å². The van der Waals surface area contributed by atoms with Crippen LogP contribution in [0, 0.1) is 5.92 Å². The van der Waals surface area contributed by atoms with Gasteiger partial charge < -0.3 is 15.0 Å². The zero-order chi connectivity index (χ0) is 16.9. The van der Waals surface area contributed by atoms with Gasteiger partial charge in [0, 0.05) is 45.6 Å².